The van der Waals surface area contributed by atoms with Crippen molar-refractivity contribution in [2.75, 3.05) is 26.2 Å². The number of carbonyl (C=O) groups is 1. The smallest absolute Gasteiger partial charge is 0.469 e. The van der Waals surface area contributed by atoms with Gasteiger partial charge in [-0.05, 0) is 19.5 Å². The average Bonchev–Trinajstić information content (AvgIpc) is 2.28. The van der Waals surface area contributed by atoms with E-state index in [4.69, 9.17) is 14.9 Å². The highest BCUT2D eigenvalue weighted by Crippen LogP contribution is 2.35. The second kappa shape index (κ2) is 11.4. The fraction of sp³-hybridized carbons (Fsp3) is 0.700. The molecule has 8 heteroatoms. The summed E-state index contributed by atoms with van der Waals surface area (Å²) >= 11 is 0. The number of hydrogen-bond acceptors (Lipinski definition) is 4. The first kappa shape index (κ1) is 19.6. The van der Waals surface area contributed by atoms with Gasteiger partial charge in [-0.3, -0.25) is 4.52 Å². The molecule has 0 fully saturated rings. The van der Waals surface area contributed by atoms with E-state index in [1.54, 1.807) is 0 Å². The Hall–Kier alpha value is -0.720. The standard InChI is InChI=1S/C7H18NO4P.C3H4O2/c1-3-8(4-2)6-5-7-12-13(9,10)11;1-2-3(4)5/h3-7H2,1-2H3,(H2,9,10,11);2H,1H2,(H,4,5). The summed E-state index contributed by atoms with van der Waals surface area (Å²) in [5.41, 5.74) is 0. The molecule has 0 amide bonds. The molecule has 7 nitrogen and oxygen atoms in total. The van der Waals surface area contributed by atoms with Crippen LogP contribution in [0.5, 0.6) is 0 Å². The number of phosphoric acid groups is 1. The Kier molecular flexibility index (Phi) is 12.4. The molecular formula is C10H22NO6P. The zero-order valence-corrected chi connectivity index (χ0v) is 11.7. The normalized spacial score (nSPS) is 10.7. The molecule has 0 unspecified atom stereocenters. The molecule has 0 atom stereocenters. The van der Waals surface area contributed by atoms with Crippen LogP contribution in [-0.2, 0) is 13.9 Å². The fourth-order valence-corrected chi connectivity index (χ4v) is 1.38. The third kappa shape index (κ3) is 17.7. The zero-order valence-electron chi connectivity index (χ0n) is 10.8. The van der Waals surface area contributed by atoms with Crippen molar-refractivity contribution in [3.63, 3.8) is 0 Å². The Balaban J connectivity index is 0. The predicted molar refractivity (Wildman–Crippen MR) is 68.2 cm³/mol. The summed E-state index contributed by atoms with van der Waals surface area (Å²) in [5.74, 6) is -0.981. The van der Waals surface area contributed by atoms with Crippen LogP contribution in [-0.4, -0.2) is 52.0 Å². The van der Waals surface area contributed by atoms with Gasteiger partial charge in [-0.2, -0.15) is 0 Å². The van der Waals surface area contributed by atoms with E-state index in [1.807, 2.05) is 13.8 Å². The number of rotatable bonds is 8. The van der Waals surface area contributed by atoms with E-state index in [-0.39, 0.29) is 6.61 Å². The summed E-state index contributed by atoms with van der Waals surface area (Å²) < 4.78 is 14.6. The molecule has 0 radical (unpaired) electrons. The minimum atomic E-state index is -4.26. The molecule has 0 aliphatic carbocycles. The lowest BCUT2D eigenvalue weighted by Gasteiger charge is -2.17. The van der Waals surface area contributed by atoms with Crippen LogP contribution in [0.4, 0.5) is 0 Å². The van der Waals surface area contributed by atoms with Crippen LogP contribution in [0.15, 0.2) is 12.7 Å². The number of carboxylic acid groups (broad SMARTS) is 1. The van der Waals surface area contributed by atoms with E-state index < -0.39 is 13.8 Å². The van der Waals surface area contributed by atoms with Gasteiger partial charge in [0.05, 0.1) is 6.61 Å². The summed E-state index contributed by atoms with van der Waals surface area (Å²) in [4.78, 5) is 28.2. The molecule has 0 saturated heterocycles. The van der Waals surface area contributed by atoms with E-state index >= 15 is 0 Å². The van der Waals surface area contributed by atoms with Crippen molar-refractivity contribution < 1.29 is 28.8 Å². The van der Waals surface area contributed by atoms with E-state index in [9.17, 15) is 9.36 Å². The quantitative estimate of drug-likeness (QED) is 0.347. The Morgan fingerprint density at radius 1 is 1.39 bits per heavy atom. The Labute approximate surface area is 107 Å². The highest BCUT2D eigenvalue weighted by atomic mass is 31.2. The van der Waals surface area contributed by atoms with Crippen LogP contribution in [0.1, 0.15) is 20.3 Å². The molecule has 0 bridgehead atoms. The number of nitrogens with zero attached hydrogens (tertiary/aromatic N) is 1. The lowest BCUT2D eigenvalue weighted by Crippen LogP contribution is -2.24. The maximum Gasteiger partial charge on any atom is 0.469 e. The number of phosphoric ester groups is 1. The molecule has 18 heavy (non-hydrogen) atoms. The first-order chi connectivity index (χ1) is 8.26. The van der Waals surface area contributed by atoms with E-state index in [2.05, 4.69) is 16.0 Å². The van der Waals surface area contributed by atoms with Crippen molar-refractivity contribution in [1.29, 1.82) is 0 Å². The van der Waals surface area contributed by atoms with Crippen molar-refractivity contribution in [3.05, 3.63) is 12.7 Å². The third-order valence-corrected chi connectivity index (χ3v) is 2.47. The van der Waals surface area contributed by atoms with Crippen LogP contribution in [0.2, 0.25) is 0 Å². The van der Waals surface area contributed by atoms with Crippen LogP contribution < -0.4 is 0 Å². The molecule has 0 aromatic heterocycles. The van der Waals surface area contributed by atoms with Gasteiger partial charge in [0, 0.05) is 12.6 Å². The topological polar surface area (TPSA) is 107 Å². The second-order valence-corrected chi connectivity index (χ2v) is 4.49. The number of aliphatic carboxylic acids is 1. The van der Waals surface area contributed by atoms with Gasteiger partial charge < -0.3 is 19.8 Å². The largest absolute Gasteiger partial charge is 0.478 e. The highest BCUT2D eigenvalue weighted by Gasteiger charge is 2.12. The summed E-state index contributed by atoms with van der Waals surface area (Å²) in [7, 11) is -4.26. The maximum absolute atomic E-state index is 10.3. The molecule has 0 aliphatic rings. The first-order valence-electron chi connectivity index (χ1n) is 5.54. The highest BCUT2D eigenvalue weighted by molar-refractivity contribution is 7.46. The van der Waals surface area contributed by atoms with E-state index in [0.29, 0.717) is 6.42 Å². The van der Waals surface area contributed by atoms with E-state index in [1.165, 1.54) is 0 Å². The molecule has 0 spiro atoms. The fourth-order valence-electron chi connectivity index (χ4n) is 1.01. The Morgan fingerprint density at radius 3 is 2.11 bits per heavy atom. The van der Waals surface area contributed by atoms with Gasteiger partial charge in [0.1, 0.15) is 0 Å². The number of carboxylic acids is 1. The minimum absolute atomic E-state index is 0.112. The van der Waals surface area contributed by atoms with Crippen molar-refractivity contribution >= 4 is 13.8 Å². The monoisotopic (exact) mass is 283 g/mol. The van der Waals surface area contributed by atoms with Crippen LogP contribution >= 0.6 is 7.82 Å². The van der Waals surface area contributed by atoms with Gasteiger partial charge in [0.2, 0.25) is 0 Å². The Morgan fingerprint density at radius 2 is 1.83 bits per heavy atom. The number of hydrogen-bond donors (Lipinski definition) is 3. The summed E-state index contributed by atoms with van der Waals surface area (Å²) in [6, 6.07) is 0. The van der Waals surface area contributed by atoms with Gasteiger partial charge in [-0.25, -0.2) is 9.36 Å². The van der Waals surface area contributed by atoms with Crippen LogP contribution in [0.25, 0.3) is 0 Å². The first-order valence-corrected chi connectivity index (χ1v) is 7.07. The lowest BCUT2D eigenvalue weighted by atomic mass is 10.4. The molecular weight excluding hydrogens is 261 g/mol. The molecule has 0 aromatic carbocycles. The average molecular weight is 283 g/mol. The minimum Gasteiger partial charge on any atom is -0.478 e. The predicted octanol–water partition coefficient (Wildman–Crippen LogP) is 1.08. The van der Waals surface area contributed by atoms with Gasteiger partial charge in [-0.15, -0.1) is 0 Å². The second-order valence-electron chi connectivity index (χ2n) is 3.25. The van der Waals surface area contributed by atoms with Gasteiger partial charge in [0.25, 0.3) is 0 Å². The maximum atomic E-state index is 10.3. The SMILES string of the molecule is C=CC(=O)O.CCN(CC)CCCOP(=O)(O)O. The molecule has 3 N–H and O–H groups in total. The van der Waals surface area contributed by atoms with Crippen molar-refractivity contribution in [3.8, 4) is 0 Å². The van der Waals surface area contributed by atoms with Gasteiger partial charge >= 0.3 is 13.8 Å². The van der Waals surface area contributed by atoms with Crippen LogP contribution in [0, 0.1) is 0 Å². The summed E-state index contributed by atoms with van der Waals surface area (Å²) in [6.45, 7) is 9.88. The summed E-state index contributed by atoms with van der Waals surface area (Å²) in [6.07, 6.45) is 1.48. The Bertz CT molecular complexity index is 274. The molecule has 0 heterocycles. The molecule has 0 aromatic rings. The van der Waals surface area contributed by atoms with Crippen molar-refractivity contribution in [2.24, 2.45) is 0 Å². The van der Waals surface area contributed by atoms with Crippen LogP contribution in [0.3, 0.4) is 0 Å². The van der Waals surface area contributed by atoms with E-state index in [0.717, 1.165) is 25.7 Å². The van der Waals surface area contributed by atoms with Crippen molar-refractivity contribution in [1.82, 2.24) is 4.90 Å². The van der Waals surface area contributed by atoms with Gasteiger partial charge in [-0.1, -0.05) is 20.4 Å². The molecule has 0 rings (SSSR count). The summed E-state index contributed by atoms with van der Waals surface area (Å²) in [5, 5.41) is 7.60. The molecule has 0 aliphatic heterocycles. The molecule has 108 valence electrons. The van der Waals surface area contributed by atoms with Gasteiger partial charge in [0.15, 0.2) is 0 Å². The third-order valence-electron chi connectivity index (χ3n) is 1.95. The molecule has 0 saturated carbocycles. The van der Waals surface area contributed by atoms with Crippen molar-refractivity contribution in [2.45, 2.75) is 20.3 Å². The lowest BCUT2D eigenvalue weighted by molar-refractivity contribution is -0.131. The zero-order chi connectivity index (χ0) is 14.6.